The Hall–Kier alpha value is -2.51. The number of nitrogens with one attached hydrogen (secondary N) is 1. The van der Waals surface area contributed by atoms with Gasteiger partial charge in [-0.25, -0.2) is 4.90 Å². The van der Waals surface area contributed by atoms with Gasteiger partial charge >= 0.3 is 0 Å². The maximum Gasteiger partial charge on any atom is 0.115 e. The van der Waals surface area contributed by atoms with Crippen molar-refractivity contribution >= 4 is 44.1 Å². The van der Waals surface area contributed by atoms with Gasteiger partial charge < -0.3 is 20.1 Å². The number of thiophene rings is 1. The molecule has 0 saturated carbocycles. The van der Waals surface area contributed by atoms with Gasteiger partial charge in [-0.2, -0.15) is 5.26 Å². The van der Waals surface area contributed by atoms with Gasteiger partial charge in [-0.3, -0.25) is 4.98 Å². The smallest absolute Gasteiger partial charge is 0.115 e. The zero-order valence-corrected chi connectivity index (χ0v) is 23.9. The fourth-order valence-corrected chi connectivity index (χ4v) is 7.74. The van der Waals surface area contributed by atoms with Gasteiger partial charge in [0.25, 0.3) is 0 Å². The first-order valence-corrected chi connectivity index (χ1v) is 14.9. The highest BCUT2D eigenvalue weighted by Gasteiger charge is 2.47. The molecule has 0 bridgehead atoms. The van der Waals surface area contributed by atoms with Gasteiger partial charge in [-0.15, -0.1) is 11.3 Å². The lowest BCUT2D eigenvalue weighted by Crippen LogP contribution is -2.39. The number of rotatable bonds is 6. The molecule has 2 aliphatic heterocycles. The first kappa shape index (κ1) is 26.7. The van der Waals surface area contributed by atoms with Crippen LogP contribution >= 0.6 is 22.9 Å². The summed E-state index contributed by atoms with van der Waals surface area (Å²) in [6, 6.07) is 12.8. The Bertz CT molecular complexity index is 1570. The van der Waals surface area contributed by atoms with E-state index in [1.807, 2.05) is 31.3 Å². The molecule has 0 aliphatic carbocycles. The van der Waals surface area contributed by atoms with Crippen molar-refractivity contribution in [2.75, 3.05) is 13.1 Å². The van der Waals surface area contributed by atoms with Gasteiger partial charge in [-0.1, -0.05) is 25.4 Å². The minimum Gasteiger partial charge on any atom is -0.378 e. The molecule has 2 saturated heterocycles. The molecule has 4 aromatic rings. The molecule has 2 aliphatic rings. The van der Waals surface area contributed by atoms with Gasteiger partial charge in [0.2, 0.25) is 0 Å². The van der Waals surface area contributed by atoms with Gasteiger partial charge in [0.05, 0.1) is 27.2 Å². The molecule has 0 radical (unpaired) electrons. The molecule has 6 rings (SSSR count). The van der Waals surface area contributed by atoms with Crippen molar-refractivity contribution in [3.8, 4) is 17.2 Å². The van der Waals surface area contributed by atoms with Gasteiger partial charge in [0.15, 0.2) is 0 Å². The number of nitriles is 1. The fourth-order valence-electron chi connectivity index (χ4n) is 6.37. The first-order chi connectivity index (χ1) is 18.8. The number of pyridine rings is 1. The molecule has 3 atom stereocenters. The summed E-state index contributed by atoms with van der Waals surface area (Å²) in [5.74, 6) is 0. The van der Waals surface area contributed by atoms with Crippen LogP contribution in [-0.4, -0.2) is 50.2 Å². The molecule has 0 amide bonds. The summed E-state index contributed by atoms with van der Waals surface area (Å²) >= 11 is 8.27. The van der Waals surface area contributed by atoms with E-state index in [0.29, 0.717) is 24.5 Å². The fraction of sp³-hybridized carbons (Fsp3) is 0.467. The monoisotopic (exact) mass is 563 g/mol. The predicted molar refractivity (Wildman–Crippen MR) is 156 cm³/mol. The third-order valence-electron chi connectivity index (χ3n) is 8.96. The number of nitrogens with zero attached hydrogens (tertiary/aromatic N) is 4. The van der Waals surface area contributed by atoms with E-state index in [2.05, 4.69) is 46.2 Å². The quantitative estimate of drug-likeness (QED) is 0.277. The maximum absolute atomic E-state index is 11.0. The average Bonchev–Trinajstić information content (AvgIpc) is 3.59. The van der Waals surface area contributed by atoms with E-state index in [4.69, 9.17) is 11.6 Å². The summed E-state index contributed by atoms with van der Waals surface area (Å²) in [4.78, 5) is 7.48. The van der Waals surface area contributed by atoms with Crippen LogP contribution in [0.5, 0.6) is 0 Å². The molecule has 3 N–H and O–H groups in total. The summed E-state index contributed by atoms with van der Waals surface area (Å²) in [6.07, 6.45) is 5.52. The Morgan fingerprint density at radius 1 is 1.21 bits per heavy atom. The van der Waals surface area contributed by atoms with E-state index in [1.54, 1.807) is 16.2 Å². The number of aliphatic hydroxyl groups excluding tert-OH is 2. The molecule has 39 heavy (non-hydrogen) atoms. The number of likely N-dealkylation sites (tertiary alicyclic amines) is 1. The van der Waals surface area contributed by atoms with Crippen molar-refractivity contribution < 1.29 is 10.2 Å². The van der Waals surface area contributed by atoms with Crippen LogP contribution in [0.3, 0.4) is 0 Å². The maximum atomic E-state index is 11.0. The van der Waals surface area contributed by atoms with E-state index < -0.39 is 17.9 Å². The summed E-state index contributed by atoms with van der Waals surface area (Å²) in [5.41, 5.74) is 3.28. The second-order valence-electron chi connectivity index (χ2n) is 11.5. The lowest BCUT2D eigenvalue weighted by atomic mass is 9.80. The Morgan fingerprint density at radius 2 is 2.00 bits per heavy atom. The SMILES string of the molecule is CCC1(C)CC(O)N(Cc2cc3nccc(-c4cc(Cl)cc5ccn(CC6(C#N)CCNCC6)c45)c3s2)C1O. The molecule has 5 heterocycles. The first-order valence-electron chi connectivity index (χ1n) is 13.7. The number of hydrogen-bond acceptors (Lipinski definition) is 7. The van der Waals surface area contributed by atoms with Crippen LogP contribution in [0, 0.1) is 22.2 Å². The van der Waals surface area contributed by atoms with E-state index in [1.165, 1.54) is 0 Å². The van der Waals surface area contributed by atoms with E-state index in [-0.39, 0.29) is 5.41 Å². The number of aromatic nitrogens is 2. The molecule has 0 spiro atoms. The molecule has 9 heteroatoms. The van der Waals surface area contributed by atoms with Crippen molar-refractivity contribution in [3.05, 3.63) is 52.6 Å². The van der Waals surface area contributed by atoms with Crippen molar-refractivity contribution in [2.45, 2.75) is 65.1 Å². The number of halogens is 1. The largest absolute Gasteiger partial charge is 0.378 e. The zero-order chi connectivity index (χ0) is 27.4. The Labute approximate surface area is 237 Å². The summed E-state index contributed by atoms with van der Waals surface area (Å²) in [7, 11) is 0. The molecule has 1 aromatic carbocycles. The highest BCUT2D eigenvalue weighted by Crippen LogP contribution is 2.44. The Morgan fingerprint density at radius 3 is 2.72 bits per heavy atom. The normalized spacial score (nSPS) is 25.4. The summed E-state index contributed by atoms with van der Waals surface area (Å²) in [6.45, 7) is 6.89. The molecule has 2 fully saturated rings. The minimum atomic E-state index is -0.701. The van der Waals surface area contributed by atoms with Crippen molar-refractivity contribution in [3.63, 3.8) is 0 Å². The number of piperidine rings is 1. The van der Waals surface area contributed by atoms with Crippen LogP contribution in [-0.2, 0) is 13.1 Å². The van der Waals surface area contributed by atoms with Crippen LogP contribution in [0.4, 0.5) is 0 Å². The van der Waals surface area contributed by atoms with Crippen LogP contribution in [0.15, 0.2) is 42.7 Å². The lowest BCUT2D eigenvalue weighted by molar-refractivity contribution is -0.0826. The molecule has 204 valence electrons. The van der Waals surface area contributed by atoms with E-state index >= 15 is 0 Å². The number of fused-ring (bicyclic) bond motifs is 2. The van der Waals surface area contributed by atoms with Crippen LogP contribution in [0.2, 0.25) is 5.02 Å². The molecule has 3 aromatic heterocycles. The predicted octanol–water partition coefficient (Wildman–Crippen LogP) is 5.72. The summed E-state index contributed by atoms with van der Waals surface area (Å²) in [5, 5.41) is 36.9. The second kappa shape index (κ2) is 10.2. The highest BCUT2D eigenvalue weighted by atomic mass is 35.5. The molecular weight excluding hydrogens is 530 g/mol. The van der Waals surface area contributed by atoms with Gasteiger partial charge in [0.1, 0.15) is 12.5 Å². The minimum absolute atomic E-state index is 0.327. The van der Waals surface area contributed by atoms with Gasteiger partial charge in [0, 0.05) is 57.3 Å². The zero-order valence-electron chi connectivity index (χ0n) is 22.3. The van der Waals surface area contributed by atoms with Crippen LogP contribution in [0.25, 0.3) is 32.2 Å². The molecule has 7 nitrogen and oxygen atoms in total. The lowest BCUT2D eigenvalue weighted by Gasteiger charge is -2.32. The standard InChI is InChI=1S/C30H34ClN5O2S/c1-3-29(2)15-25(37)36(28(29)38)16-21-14-24-27(39-21)22(4-8-34-24)23-13-20(31)12-19-5-11-35(26(19)23)18-30(17-32)6-9-33-10-7-30/h4-5,8,11-14,25,28,33,37-38H,3,6-7,9-10,15-16,18H2,1-2H3. The van der Waals surface area contributed by atoms with Crippen molar-refractivity contribution in [1.82, 2.24) is 19.8 Å². The number of benzene rings is 1. The second-order valence-corrected chi connectivity index (χ2v) is 13.1. The average molecular weight is 564 g/mol. The third kappa shape index (κ3) is 4.65. The van der Waals surface area contributed by atoms with Crippen molar-refractivity contribution in [2.24, 2.45) is 10.8 Å². The van der Waals surface area contributed by atoms with Crippen LogP contribution < -0.4 is 5.32 Å². The number of hydrogen-bond donors (Lipinski definition) is 3. The third-order valence-corrected chi connectivity index (χ3v) is 10.3. The van der Waals surface area contributed by atoms with E-state index in [0.717, 1.165) is 69.5 Å². The topological polar surface area (TPSA) is 97.3 Å². The Balaban J connectivity index is 1.41. The van der Waals surface area contributed by atoms with Crippen LogP contribution in [0.1, 0.15) is 44.4 Å². The van der Waals surface area contributed by atoms with E-state index in [9.17, 15) is 15.5 Å². The highest BCUT2D eigenvalue weighted by molar-refractivity contribution is 7.19. The Kier molecular flexibility index (Phi) is 6.95. The van der Waals surface area contributed by atoms with Gasteiger partial charge in [-0.05, 0) is 69.1 Å². The number of aliphatic hydroxyl groups is 2. The molecular formula is C30H34ClN5O2S. The summed E-state index contributed by atoms with van der Waals surface area (Å²) < 4.78 is 3.26. The van der Waals surface area contributed by atoms with Crippen molar-refractivity contribution in [1.29, 1.82) is 5.26 Å². The molecule has 3 unspecified atom stereocenters.